The molecule has 1 heterocycles. The molecule has 2 heteroatoms. The van der Waals surface area contributed by atoms with E-state index in [-0.39, 0.29) is 0 Å². The minimum atomic E-state index is 0.633. The molecule has 2 atom stereocenters. The molecule has 16 heavy (non-hydrogen) atoms. The summed E-state index contributed by atoms with van der Waals surface area (Å²) in [4.78, 5) is 2.51. The van der Waals surface area contributed by atoms with Crippen LogP contribution in [0.3, 0.4) is 0 Å². The van der Waals surface area contributed by atoms with Gasteiger partial charge in [0, 0.05) is 12.2 Å². The Morgan fingerprint density at radius 3 is 2.81 bits per heavy atom. The molecule has 0 aromatic heterocycles. The van der Waals surface area contributed by atoms with Gasteiger partial charge in [0.15, 0.2) is 0 Å². The van der Waals surface area contributed by atoms with Gasteiger partial charge in [0.25, 0.3) is 0 Å². The summed E-state index contributed by atoms with van der Waals surface area (Å²) in [5.41, 5.74) is 1.32. The van der Waals surface area contributed by atoms with Gasteiger partial charge < -0.3 is 9.64 Å². The van der Waals surface area contributed by atoms with Crippen molar-refractivity contribution in [3.8, 4) is 5.75 Å². The van der Waals surface area contributed by atoms with Crippen LogP contribution in [-0.2, 0) is 0 Å². The van der Waals surface area contributed by atoms with Crippen molar-refractivity contribution >= 4 is 5.69 Å². The first kappa shape index (κ1) is 9.76. The Balaban J connectivity index is 1.83. The second-order valence-corrected chi connectivity index (χ2v) is 4.59. The van der Waals surface area contributed by atoms with Crippen LogP contribution in [-0.4, -0.2) is 19.7 Å². The zero-order chi connectivity index (χ0) is 11.0. The van der Waals surface area contributed by atoms with E-state index < -0.39 is 0 Å². The Morgan fingerprint density at radius 2 is 2.06 bits per heavy atom. The number of methoxy groups -OCH3 is 1. The van der Waals surface area contributed by atoms with Crippen molar-refractivity contribution < 1.29 is 4.74 Å². The fraction of sp³-hybridized carbons (Fsp3) is 0.429. The van der Waals surface area contributed by atoms with Crippen molar-refractivity contribution in [1.82, 2.24) is 0 Å². The smallest absolute Gasteiger partial charge is 0.119 e. The largest absolute Gasteiger partial charge is 0.497 e. The van der Waals surface area contributed by atoms with E-state index in [0.29, 0.717) is 6.04 Å². The molecule has 0 unspecified atom stereocenters. The van der Waals surface area contributed by atoms with Crippen LogP contribution in [0.1, 0.15) is 12.8 Å². The van der Waals surface area contributed by atoms with Gasteiger partial charge in [-0.15, -0.1) is 0 Å². The van der Waals surface area contributed by atoms with E-state index in [1.54, 1.807) is 7.11 Å². The quantitative estimate of drug-likeness (QED) is 0.703. The molecule has 3 rings (SSSR count). The summed E-state index contributed by atoms with van der Waals surface area (Å²) < 4.78 is 5.19. The van der Waals surface area contributed by atoms with Crippen molar-refractivity contribution in [1.29, 1.82) is 0 Å². The lowest BCUT2D eigenvalue weighted by Crippen LogP contribution is -2.28. The van der Waals surface area contributed by atoms with Crippen LogP contribution >= 0.6 is 0 Å². The van der Waals surface area contributed by atoms with Crippen LogP contribution in [0.15, 0.2) is 36.4 Å². The first-order chi connectivity index (χ1) is 7.88. The molecule has 0 bridgehead atoms. The predicted octanol–water partition coefficient (Wildman–Crippen LogP) is 2.85. The number of nitrogens with zero attached hydrogens (tertiary/aromatic N) is 1. The number of rotatable bonds is 2. The summed E-state index contributed by atoms with van der Waals surface area (Å²) in [5.74, 6) is 1.78. The number of hydrogen-bond acceptors (Lipinski definition) is 2. The lowest BCUT2D eigenvalue weighted by atomic mass is 10.0. The minimum absolute atomic E-state index is 0.633. The fourth-order valence-electron chi connectivity index (χ4n) is 2.87. The number of hydrogen-bond donors (Lipinski definition) is 0. The fourth-order valence-corrected chi connectivity index (χ4v) is 2.87. The van der Waals surface area contributed by atoms with Crippen molar-refractivity contribution in [2.24, 2.45) is 5.92 Å². The maximum Gasteiger partial charge on any atom is 0.119 e. The Morgan fingerprint density at radius 1 is 1.25 bits per heavy atom. The molecule has 0 radical (unpaired) electrons. The Kier molecular flexibility index (Phi) is 2.35. The first-order valence-electron chi connectivity index (χ1n) is 5.96. The van der Waals surface area contributed by atoms with E-state index in [4.69, 9.17) is 4.74 Å². The lowest BCUT2D eigenvalue weighted by molar-refractivity contribution is 0.415. The summed E-state index contributed by atoms with van der Waals surface area (Å²) in [6.45, 7) is 1.19. The maximum atomic E-state index is 5.19. The van der Waals surface area contributed by atoms with Crippen molar-refractivity contribution in [2.45, 2.75) is 18.9 Å². The summed E-state index contributed by atoms with van der Waals surface area (Å²) in [7, 11) is 1.71. The number of anilines is 1. The lowest BCUT2D eigenvalue weighted by Gasteiger charge is -2.25. The maximum absolute atomic E-state index is 5.19. The molecular formula is C14H17NO. The van der Waals surface area contributed by atoms with Gasteiger partial charge >= 0.3 is 0 Å². The summed E-state index contributed by atoms with van der Waals surface area (Å²) in [5, 5.41) is 0. The van der Waals surface area contributed by atoms with E-state index in [1.807, 2.05) is 12.1 Å². The first-order valence-corrected chi connectivity index (χ1v) is 5.96. The molecular weight excluding hydrogens is 198 g/mol. The number of allylic oxidation sites excluding steroid dienone is 1. The summed E-state index contributed by atoms with van der Waals surface area (Å²) >= 11 is 0. The van der Waals surface area contributed by atoms with Gasteiger partial charge in [-0.1, -0.05) is 12.2 Å². The van der Waals surface area contributed by atoms with Gasteiger partial charge in [0.05, 0.1) is 13.2 Å². The van der Waals surface area contributed by atoms with Gasteiger partial charge in [-0.05, 0) is 43.0 Å². The summed E-state index contributed by atoms with van der Waals surface area (Å²) in [6, 6.07) is 9.04. The van der Waals surface area contributed by atoms with Crippen LogP contribution in [0.2, 0.25) is 0 Å². The van der Waals surface area contributed by atoms with E-state index in [1.165, 1.54) is 25.1 Å². The Hall–Kier alpha value is -1.44. The highest BCUT2D eigenvalue weighted by atomic mass is 16.5. The van der Waals surface area contributed by atoms with E-state index in [0.717, 1.165) is 11.7 Å². The van der Waals surface area contributed by atoms with Crippen LogP contribution in [0.25, 0.3) is 0 Å². The normalized spacial score (nSPS) is 27.2. The van der Waals surface area contributed by atoms with Crippen LogP contribution in [0.4, 0.5) is 5.69 Å². The highest BCUT2D eigenvalue weighted by Gasteiger charge is 2.34. The van der Waals surface area contributed by atoms with Gasteiger partial charge in [-0.2, -0.15) is 0 Å². The monoisotopic (exact) mass is 215 g/mol. The highest BCUT2D eigenvalue weighted by molar-refractivity contribution is 5.52. The molecule has 84 valence electrons. The highest BCUT2D eigenvalue weighted by Crippen LogP contribution is 2.36. The minimum Gasteiger partial charge on any atom is -0.497 e. The average Bonchev–Trinajstić information content (AvgIpc) is 2.91. The van der Waals surface area contributed by atoms with Crippen molar-refractivity contribution in [3.63, 3.8) is 0 Å². The Labute approximate surface area is 96.5 Å². The molecule has 2 aliphatic rings. The number of benzene rings is 1. The Bertz CT molecular complexity index is 396. The third-order valence-corrected chi connectivity index (χ3v) is 3.76. The van der Waals surface area contributed by atoms with E-state index in [9.17, 15) is 0 Å². The second kappa shape index (κ2) is 3.85. The van der Waals surface area contributed by atoms with Crippen molar-refractivity contribution in [2.75, 3.05) is 18.6 Å². The molecule has 0 saturated carbocycles. The van der Waals surface area contributed by atoms with E-state index >= 15 is 0 Å². The van der Waals surface area contributed by atoms with E-state index in [2.05, 4.69) is 29.2 Å². The van der Waals surface area contributed by atoms with Gasteiger partial charge in [-0.3, -0.25) is 0 Å². The number of fused-ring (bicyclic) bond motifs is 1. The molecule has 1 aromatic rings. The van der Waals surface area contributed by atoms with Crippen LogP contribution in [0, 0.1) is 5.92 Å². The molecule has 1 aliphatic heterocycles. The number of ether oxygens (including phenoxy) is 1. The third-order valence-electron chi connectivity index (χ3n) is 3.76. The zero-order valence-corrected chi connectivity index (χ0v) is 9.60. The SMILES string of the molecule is COc1ccc(N2CC[C@H]3CC=C[C@H]32)cc1. The van der Waals surface area contributed by atoms with Gasteiger partial charge in [-0.25, -0.2) is 0 Å². The molecule has 0 amide bonds. The van der Waals surface area contributed by atoms with Gasteiger partial charge in [0.2, 0.25) is 0 Å². The van der Waals surface area contributed by atoms with Crippen molar-refractivity contribution in [3.05, 3.63) is 36.4 Å². The molecule has 1 aromatic carbocycles. The second-order valence-electron chi connectivity index (χ2n) is 4.59. The molecule has 2 nitrogen and oxygen atoms in total. The molecule has 1 fully saturated rings. The molecule has 1 saturated heterocycles. The zero-order valence-electron chi connectivity index (χ0n) is 9.60. The molecule has 0 spiro atoms. The standard InChI is InChI=1S/C14H17NO/c1-16-13-7-5-12(6-8-13)15-10-9-11-3-2-4-14(11)15/h2,4-8,11,14H,3,9-10H2,1H3/t11-,14-/m1/s1. The topological polar surface area (TPSA) is 12.5 Å². The van der Waals surface area contributed by atoms with Crippen LogP contribution in [0.5, 0.6) is 5.75 Å². The molecule has 1 aliphatic carbocycles. The summed E-state index contributed by atoms with van der Waals surface area (Å²) in [6.07, 6.45) is 7.27. The van der Waals surface area contributed by atoms with Gasteiger partial charge in [0.1, 0.15) is 5.75 Å². The third kappa shape index (κ3) is 1.49. The predicted molar refractivity (Wildman–Crippen MR) is 66.0 cm³/mol. The van der Waals surface area contributed by atoms with Crippen LogP contribution < -0.4 is 9.64 Å². The average molecular weight is 215 g/mol. The molecule has 0 N–H and O–H groups in total.